The highest BCUT2D eigenvalue weighted by Crippen LogP contribution is 2.29. The number of rotatable bonds is 2. The Bertz CT molecular complexity index is 635. The molecule has 0 spiro atoms. The molecule has 1 aromatic carbocycles. The quantitative estimate of drug-likeness (QED) is 0.840. The summed E-state index contributed by atoms with van der Waals surface area (Å²) >= 11 is 5.89. The predicted molar refractivity (Wildman–Crippen MR) is 69.6 cm³/mol. The Kier molecular flexibility index (Phi) is 3.35. The van der Waals surface area contributed by atoms with E-state index >= 15 is 0 Å². The Hall–Kier alpha value is -2.25. The maximum absolute atomic E-state index is 9.06. The van der Waals surface area contributed by atoms with E-state index < -0.39 is 0 Å². The van der Waals surface area contributed by atoms with Gasteiger partial charge in [-0.05, 0) is 30.7 Å². The molecule has 2 N–H and O–H groups in total. The van der Waals surface area contributed by atoms with Gasteiger partial charge in [0.15, 0.2) is 0 Å². The average molecular weight is 260 g/mol. The third kappa shape index (κ3) is 2.36. The van der Waals surface area contributed by atoms with E-state index in [2.05, 4.69) is 11.1 Å². The molecule has 0 aliphatic rings. The SMILES string of the molecule is Cc1ccnc(Oc2ccc(N)c(Cl)c2)c1C#N. The molecule has 0 fully saturated rings. The number of nitrogens with two attached hydrogens (primary N) is 1. The highest BCUT2D eigenvalue weighted by molar-refractivity contribution is 6.33. The van der Waals surface area contributed by atoms with Crippen LogP contribution >= 0.6 is 11.6 Å². The van der Waals surface area contributed by atoms with Gasteiger partial charge in [-0.15, -0.1) is 0 Å². The van der Waals surface area contributed by atoms with Gasteiger partial charge >= 0.3 is 0 Å². The van der Waals surface area contributed by atoms with Crippen LogP contribution in [0.2, 0.25) is 5.02 Å². The lowest BCUT2D eigenvalue weighted by atomic mass is 10.2. The Morgan fingerprint density at radius 3 is 2.83 bits per heavy atom. The van der Waals surface area contributed by atoms with Crippen molar-refractivity contribution in [2.75, 3.05) is 5.73 Å². The van der Waals surface area contributed by atoms with Gasteiger partial charge in [-0.1, -0.05) is 11.6 Å². The van der Waals surface area contributed by atoms with Gasteiger partial charge in [0.1, 0.15) is 17.4 Å². The van der Waals surface area contributed by atoms with E-state index in [9.17, 15) is 0 Å². The van der Waals surface area contributed by atoms with Crippen molar-refractivity contribution >= 4 is 17.3 Å². The van der Waals surface area contributed by atoms with Crippen LogP contribution in [0.3, 0.4) is 0 Å². The first kappa shape index (κ1) is 12.2. The first-order valence-electron chi connectivity index (χ1n) is 5.20. The summed E-state index contributed by atoms with van der Waals surface area (Å²) in [5.41, 5.74) is 7.30. The molecule has 2 aromatic rings. The fraction of sp³-hybridized carbons (Fsp3) is 0.0769. The fourth-order valence-corrected chi connectivity index (χ4v) is 1.60. The van der Waals surface area contributed by atoms with Crippen molar-refractivity contribution in [3.05, 3.63) is 46.6 Å². The highest BCUT2D eigenvalue weighted by atomic mass is 35.5. The van der Waals surface area contributed by atoms with Gasteiger partial charge in [0.2, 0.25) is 5.88 Å². The second-order valence-electron chi connectivity index (χ2n) is 3.71. The number of halogens is 1. The van der Waals surface area contributed by atoms with Gasteiger partial charge in [-0.25, -0.2) is 4.98 Å². The standard InChI is InChI=1S/C13H10ClN3O/c1-8-4-5-17-13(10(8)7-15)18-9-2-3-12(16)11(14)6-9/h2-6H,16H2,1H3. The lowest BCUT2D eigenvalue weighted by Crippen LogP contribution is -1.94. The second-order valence-corrected chi connectivity index (χ2v) is 4.11. The summed E-state index contributed by atoms with van der Waals surface area (Å²) in [5, 5.41) is 9.46. The first-order chi connectivity index (χ1) is 8.61. The molecular weight excluding hydrogens is 250 g/mol. The van der Waals surface area contributed by atoms with E-state index in [-0.39, 0.29) is 5.88 Å². The molecule has 18 heavy (non-hydrogen) atoms. The largest absolute Gasteiger partial charge is 0.438 e. The number of benzene rings is 1. The number of anilines is 1. The molecule has 0 saturated heterocycles. The lowest BCUT2D eigenvalue weighted by Gasteiger charge is -2.08. The Balaban J connectivity index is 2.37. The molecule has 0 radical (unpaired) electrons. The van der Waals surface area contributed by atoms with Crippen LogP contribution < -0.4 is 10.5 Å². The van der Waals surface area contributed by atoms with Crippen LogP contribution in [-0.4, -0.2) is 4.98 Å². The van der Waals surface area contributed by atoms with E-state index in [0.29, 0.717) is 22.0 Å². The molecule has 5 heteroatoms. The maximum Gasteiger partial charge on any atom is 0.237 e. The van der Waals surface area contributed by atoms with Gasteiger partial charge in [0.05, 0.1) is 10.7 Å². The molecule has 0 bridgehead atoms. The number of aryl methyl sites for hydroxylation is 1. The summed E-state index contributed by atoms with van der Waals surface area (Å²) in [4.78, 5) is 4.04. The van der Waals surface area contributed by atoms with E-state index in [1.165, 1.54) is 0 Å². The van der Waals surface area contributed by atoms with Crippen molar-refractivity contribution in [1.29, 1.82) is 5.26 Å². The fourth-order valence-electron chi connectivity index (χ4n) is 1.43. The monoisotopic (exact) mass is 259 g/mol. The molecule has 4 nitrogen and oxygen atoms in total. The normalized spacial score (nSPS) is 9.83. The van der Waals surface area contributed by atoms with E-state index in [4.69, 9.17) is 27.3 Å². The minimum absolute atomic E-state index is 0.262. The number of pyridine rings is 1. The van der Waals surface area contributed by atoms with Crippen LogP contribution in [0, 0.1) is 18.3 Å². The lowest BCUT2D eigenvalue weighted by molar-refractivity contribution is 0.461. The van der Waals surface area contributed by atoms with Gasteiger partial charge in [0.25, 0.3) is 0 Å². The van der Waals surface area contributed by atoms with Crippen molar-refractivity contribution in [3.8, 4) is 17.7 Å². The Morgan fingerprint density at radius 2 is 2.17 bits per heavy atom. The topological polar surface area (TPSA) is 71.9 Å². The second kappa shape index (κ2) is 4.94. The van der Waals surface area contributed by atoms with Crippen LogP contribution in [0.1, 0.15) is 11.1 Å². The van der Waals surface area contributed by atoms with E-state index in [0.717, 1.165) is 5.56 Å². The predicted octanol–water partition coefficient (Wildman–Crippen LogP) is 3.29. The molecule has 0 aliphatic carbocycles. The number of hydrogen-bond acceptors (Lipinski definition) is 4. The molecule has 0 saturated carbocycles. The molecule has 90 valence electrons. The number of nitriles is 1. The Morgan fingerprint density at radius 1 is 1.39 bits per heavy atom. The summed E-state index contributed by atoms with van der Waals surface area (Å²) in [7, 11) is 0. The first-order valence-corrected chi connectivity index (χ1v) is 5.58. The number of hydrogen-bond donors (Lipinski definition) is 1. The van der Waals surface area contributed by atoms with Crippen molar-refractivity contribution in [2.45, 2.75) is 6.92 Å². The minimum atomic E-state index is 0.262. The Labute approximate surface area is 110 Å². The van der Waals surface area contributed by atoms with Crippen molar-refractivity contribution in [2.24, 2.45) is 0 Å². The number of ether oxygens (including phenoxy) is 1. The maximum atomic E-state index is 9.06. The molecular formula is C13H10ClN3O. The smallest absolute Gasteiger partial charge is 0.237 e. The number of aromatic nitrogens is 1. The minimum Gasteiger partial charge on any atom is -0.438 e. The van der Waals surface area contributed by atoms with E-state index in [1.807, 2.05) is 6.92 Å². The summed E-state index contributed by atoms with van der Waals surface area (Å²) in [6.45, 7) is 1.82. The zero-order valence-electron chi connectivity index (χ0n) is 9.64. The van der Waals surface area contributed by atoms with Crippen molar-refractivity contribution in [3.63, 3.8) is 0 Å². The zero-order valence-corrected chi connectivity index (χ0v) is 10.4. The van der Waals surface area contributed by atoms with Crippen LogP contribution in [0.5, 0.6) is 11.6 Å². The number of nitrogen functional groups attached to an aromatic ring is 1. The van der Waals surface area contributed by atoms with Gasteiger partial charge in [-0.2, -0.15) is 5.26 Å². The summed E-state index contributed by atoms with van der Waals surface area (Å²) < 4.78 is 5.54. The highest BCUT2D eigenvalue weighted by Gasteiger charge is 2.09. The van der Waals surface area contributed by atoms with Gasteiger partial charge < -0.3 is 10.5 Å². The zero-order chi connectivity index (χ0) is 13.1. The molecule has 0 unspecified atom stereocenters. The molecule has 1 aromatic heterocycles. The third-order valence-electron chi connectivity index (χ3n) is 2.42. The van der Waals surface area contributed by atoms with Crippen molar-refractivity contribution < 1.29 is 4.74 Å². The van der Waals surface area contributed by atoms with Crippen LogP contribution in [-0.2, 0) is 0 Å². The summed E-state index contributed by atoms with van der Waals surface area (Å²) in [6.07, 6.45) is 1.59. The van der Waals surface area contributed by atoms with Gasteiger partial charge in [0, 0.05) is 12.3 Å². The average Bonchev–Trinajstić information content (AvgIpc) is 2.34. The molecule has 2 rings (SSSR count). The molecule has 1 heterocycles. The van der Waals surface area contributed by atoms with Crippen LogP contribution in [0.15, 0.2) is 30.5 Å². The molecule has 0 amide bonds. The summed E-state index contributed by atoms with van der Waals surface area (Å²) in [6, 6.07) is 8.71. The summed E-state index contributed by atoms with van der Waals surface area (Å²) in [5.74, 6) is 0.752. The number of nitrogens with zero attached hydrogens (tertiary/aromatic N) is 2. The van der Waals surface area contributed by atoms with Crippen LogP contribution in [0.25, 0.3) is 0 Å². The molecule has 0 aliphatic heterocycles. The van der Waals surface area contributed by atoms with Crippen LogP contribution in [0.4, 0.5) is 5.69 Å². The van der Waals surface area contributed by atoms with Crippen molar-refractivity contribution in [1.82, 2.24) is 4.98 Å². The molecule has 0 atom stereocenters. The van der Waals surface area contributed by atoms with E-state index in [1.54, 1.807) is 30.5 Å². The van der Waals surface area contributed by atoms with Gasteiger partial charge in [-0.3, -0.25) is 0 Å². The third-order valence-corrected chi connectivity index (χ3v) is 2.75.